The van der Waals surface area contributed by atoms with E-state index in [9.17, 15) is 14.4 Å². The van der Waals surface area contributed by atoms with E-state index in [1.807, 2.05) is 0 Å². The first-order valence-corrected chi connectivity index (χ1v) is 5.38. The molecule has 8 nitrogen and oxygen atoms in total. The first-order valence-electron chi connectivity index (χ1n) is 5.38. The first-order chi connectivity index (χ1) is 8.56. The van der Waals surface area contributed by atoms with E-state index in [-0.39, 0.29) is 25.5 Å². The van der Waals surface area contributed by atoms with Gasteiger partial charge in [-0.15, -0.1) is 0 Å². The molecular formula is C10H18N2O6. The van der Waals surface area contributed by atoms with Gasteiger partial charge in [0, 0.05) is 26.6 Å². The van der Waals surface area contributed by atoms with Gasteiger partial charge in [0.05, 0.1) is 6.61 Å². The molecule has 0 saturated heterocycles. The standard InChI is InChI=1S/C10H18N2O6/c1-17-5-4-12-8(13)2-3-11-9(14)6-18-7-10(15)16/h2-7H2,1H3,(H,11,14)(H,12,13)(H,15,16). The molecule has 0 spiro atoms. The lowest BCUT2D eigenvalue weighted by Crippen LogP contribution is -2.34. The third kappa shape index (κ3) is 10.8. The molecule has 0 aliphatic rings. The third-order valence-electron chi connectivity index (χ3n) is 1.76. The lowest BCUT2D eigenvalue weighted by molar-refractivity contribution is -0.143. The van der Waals surface area contributed by atoms with E-state index >= 15 is 0 Å². The summed E-state index contributed by atoms with van der Waals surface area (Å²) in [5.74, 6) is -1.79. The van der Waals surface area contributed by atoms with Crippen LogP contribution in [0, 0.1) is 0 Å². The topological polar surface area (TPSA) is 114 Å². The molecule has 0 rings (SSSR count). The van der Waals surface area contributed by atoms with Crippen LogP contribution < -0.4 is 10.6 Å². The second-order valence-corrected chi connectivity index (χ2v) is 3.33. The van der Waals surface area contributed by atoms with Gasteiger partial charge in [-0.1, -0.05) is 0 Å². The van der Waals surface area contributed by atoms with Gasteiger partial charge in [0.2, 0.25) is 11.8 Å². The predicted molar refractivity (Wildman–Crippen MR) is 61.0 cm³/mol. The number of carboxylic acids is 1. The van der Waals surface area contributed by atoms with Crippen molar-refractivity contribution in [3.8, 4) is 0 Å². The molecule has 0 fully saturated rings. The van der Waals surface area contributed by atoms with E-state index in [1.54, 1.807) is 0 Å². The molecule has 0 saturated carbocycles. The lowest BCUT2D eigenvalue weighted by atomic mass is 10.4. The molecule has 0 aromatic carbocycles. The fraction of sp³-hybridized carbons (Fsp3) is 0.700. The van der Waals surface area contributed by atoms with E-state index in [0.717, 1.165) is 0 Å². The van der Waals surface area contributed by atoms with Gasteiger partial charge in [0.15, 0.2) is 0 Å². The minimum atomic E-state index is -1.14. The van der Waals surface area contributed by atoms with Crippen molar-refractivity contribution in [1.29, 1.82) is 0 Å². The highest BCUT2D eigenvalue weighted by molar-refractivity contribution is 5.79. The predicted octanol–water partition coefficient (Wildman–Crippen LogP) is -1.64. The van der Waals surface area contributed by atoms with Gasteiger partial charge in [-0.3, -0.25) is 9.59 Å². The zero-order valence-corrected chi connectivity index (χ0v) is 10.2. The quantitative estimate of drug-likeness (QED) is 0.407. The highest BCUT2D eigenvalue weighted by Crippen LogP contribution is 1.80. The summed E-state index contributed by atoms with van der Waals surface area (Å²) in [4.78, 5) is 32.4. The summed E-state index contributed by atoms with van der Waals surface area (Å²) >= 11 is 0. The molecule has 0 unspecified atom stereocenters. The summed E-state index contributed by atoms with van der Waals surface area (Å²) in [5, 5.41) is 13.3. The normalized spacial score (nSPS) is 9.83. The van der Waals surface area contributed by atoms with Crippen LogP contribution in [0.1, 0.15) is 6.42 Å². The molecule has 8 heteroatoms. The molecule has 0 bridgehead atoms. The maximum Gasteiger partial charge on any atom is 0.329 e. The fourth-order valence-corrected chi connectivity index (χ4v) is 0.978. The van der Waals surface area contributed by atoms with Crippen molar-refractivity contribution in [3.05, 3.63) is 0 Å². The third-order valence-corrected chi connectivity index (χ3v) is 1.76. The number of carboxylic acid groups (broad SMARTS) is 1. The smallest absolute Gasteiger partial charge is 0.329 e. The minimum Gasteiger partial charge on any atom is -0.480 e. The van der Waals surface area contributed by atoms with Crippen LogP contribution in [0.5, 0.6) is 0 Å². The summed E-state index contributed by atoms with van der Waals surface area (Å²) in [6.45, 7) is 0.169. The minimum absolute atomic E-state index is 0.147. The van der Waals surface area contributed by atoms with Crippen molar-refractivity contribution in [2.24, 2.45) is 0 Å². The second kappa shape index (κ2) is 10.5. The molecule has 2 amide bonds. The van der Waals surface area contributed by atoms with Gasteiger partial charge in [0.25, 0.3) is 0 Å². The SMILES string of the molecule is COCCNC(=O)CCNC(=O)COCC(=O)O. The van der Waals surface area contributed by atoms with Crippen molar-refractivity contribution < 1.29 is 29.0 Å². The molecule has 0 aromatic heterocycles. The number of methoxy groups -OCH3 is 1. The number of carbonyl (C=O) groups is 3. The van der Waals surface area contributed by atoms with Gasteiger partial charge in [0.1, 0.15) is 13.2 Å². The van der Waals surface area contributed by atoms with Gasteiger partial charge < -0.3 is 25.2 Å². The Balaban J connectivity index is 3.44. The summed E-state index contributed by atoms with van der Waals surface area (Å²) in [7, 11) is 1.53. The molecule has 3 N–H and O–H groups in total. The van der Waals surface area contributed by atoms with Crippen molar-refractivity contribution in [3.63, 3.8) is 0 Å². The summed E-state index contributed by atoms with van der Waals surface area (Å²) in [6, 6.07) is 0. The van der Waals surface area contributed by atoms with Crippen LogP contribution in [-0.2, 0) is 23.9 Å². The Hall–Kier alpha value is -1.67. The average Bonchev–Trinajstić information content (AvgIpc) is 2.29. The summed E-state index contributed by atoms with van der Waals surface area (Å²) < 4.78 is 9.31. The largest absolute Gasteiger partial charge is 0.480 e. The van der Waals surface area contributed by atoms with E-state index in [2.05, 4.69) is 15.4 Å². The van der Waals surface area contributed by atoms with Gasteiger partial charge in [-0.2, -0.15) is 0 Å². The average molecular weight is 262 g/mol. The maximum absolute atomic E-state index is 11.2. The summed E-state index contributed by atoms with van der Waals surface area (Å²) in [5.41, 5.74) is 0. The molecule has 0 atom stereocenters. The Morgan fingerprint density at radius 2 is 1.72 bits per heavy atom. The zero-order valence-electron chi connectivity index (χ0n) is 10.2. The number of aliphatic carboxylic acids is 1. The van der Waals surface area contributed by atoms with Crippen molar-refractivity contribution >= 4 is 17.8 Å². The number of nitrogens with one attached hydrogen (secondary N) is 2. The van der Waals surface area contributed by atoms with Crippen LogP contribution in [0.4, 0.5) is 0 Å². The molecule has 0 radical (unpaired) electrons. The van der Waals surface area contributed by atoms with Gasteiger partial charge >= 0.3 is 5.97 Å². The van der Waals surface area contributed by atoms with Crippen LogP contribution in [0.2, 0.25) is 0 Å². The number of ether oxygens (including phenoxy) is 2. The molecular weight excluding hydrogens is 244 g/mol. The van der Waals surface area contributed by atoms with E-state index < -0.39 is 18.5 Å². The monoisotopic (exact) mass is 262 g/mol. The number of carbonyl (C=O) groups excluding carboxylic acids is 2. The fourth-order valence-electron chi connectivity index (χ4n) is 0.978. The molecule has 0 aromatic rings. The molecule has 104 valence electrons. The van der Waals surface area contributed by atoms with E-state index in [4.69, 9.17) is 9.84 Å². The Morgan fingerprint density at radius 3 is 2.33 bits per heavy atom. The number of hydrogen-bond donors (Lipinski definition) is 3. The Labute approximate surface area is 105 Å². The van der Waals surface area contributed by atoms with Gasteiger partial charge in [-0.25, -0.2) is 4.79 Å². The van der Waals surface area contributed by atoms with Gasteiger partial charge in [-0.05, 0) is 0 Å². The second-order valence-electron chi connectivity index (χ2n) is 3.33. The Bertz CT molecular complexity index is 282. The Kier molecular flexibility index (Phi) is 9.51. The van der Waals surface area contributed by atoms with E-state index in [0.29, 0.717) is 13.2 Å². The molecule has 0 aliphatic carbocycles. The molecule has 0 aliphatic heterocycles. The maximum atomic E-state index is 11.2. The van der Waals surface area contributed by atoms with Crippen LogP contribution >= 0.6 is 0 Å². The first kappa shape index (κ1) is 16.3. The number of amides is 2. The Morgan fingerprint density at radius 1 is 1.06 bits per heavy atom. The highest BCUT2D eigenvalue weighted by atomic mass is 16.5. The van der Waals surface area contributed by atoms with Crippen LogP contribution in [-0.4, -0.2) is 62.9 Å². The van der Waals surface area contributed by atoms with Crippen LogP contribution in [0.15, 0.2) is 0 Å². The summed E-state index contributed by atoms with van der Waals surface area (Å²) in [6.07, 6.45) is 0.147. The van der Waals surface area contributed by atoms with Crippen LogP contribution in [0.25, 0.3) is 0 Å². The number of rotatable bonds is 10. The van der Waals surface area contributed by atoms with Crippen LogP contribution in [0.3, 0.4) is 0 Å². The van der Waals surface area contributed by atoms with E-state index in [1.165, 1.54) is 7.11 Å². The number of hydrogen-bond acceptors (Lipinski definition) is 5. The van der Waals surface area contributed by atoms with Crippen molar-refractivity contribution in [2.75, 3.05) is 40.0 Å². The van der Waals surface area contributed by atoms with Crippen molar-refractivity contribution in [2.45, 2.75) is 6.42 Å². The molecule has 0 heterocycles. The lowest BCUT2D eigenvalue weighted by Gasteiger charge is -2.06. The zero-order chi connectivity index (χ0) is 13.8. The highest BCUT2D eigenvalue weighted by Gasteiger charge is 2.05. The van der Waals surface area contributed by atoms with Crippen molar-refractivity contribution in [1.82, 2.24) is 10.6 Å². The molecule has 18 heavy (non-hydrogen) atoms.